The first-order chi connectivity index (χ1) is 12.8. The van der Waals surface area contributed by atoms with Crippen LogP contribution in [0.4, 0.5) is 18.3 Å². The summed E-state index contributed by atoms with van der Waals surface area (Å²) in [5, 5.41) is 3.09. The topological polar surface area (TPSA) is 77.2 Å². The zero-order chi connectivity index (χ0) is 19.6. The van der Waals surface area contributed by atoms with Crippen LogP contribution in [0.25, 0.3) is 0 Å². The lowest BCUT2D eigenvalue weighted by Crippen LogP contribution is -2.39. The Balaban J connectivity index is 1.79. The molecule has 0 saturated heterocycles. The van der Waals surface area contributed by atoms with Crippen molar-refractivity contribution in [2.24, 2.45) is 5.73 Å². The third kappa shape index (κ3) is 5.06. The van der Waals surface area contributed by atoms with E-state index in [9.17, 15) is 18.0 Å². The Bertz CT molecular complexity index is 818. The number of aromatic nitrogens is 1. The summed E-state index contributed by atoms with van der Waals surface area (Å²) in [6.45, 7) is 0.0871. The standard InChI is InChI=1S/C18H20F3N3O2S/c1-26-9-13(22)16(25)24-17-23-15(11-5-6-11)14(27-17)8-10-3-2-4-12(7-10)18(19,20)21/h2-4,7,11,13H,5-6,8-9,22H2,1H3,(H,23,24,25). The summed E-state index contributed by atoms with van der Waals surface area (Å²) in [5.41, 5.74) is 6.45. The maximum Gasteiger partial charge on any atom is 0.416 e. The van der Waals surface area contributed by atoms with E-state index in [2.05, 4.69) is 10.3 Å². The predicted molar refractivity (Wildman–Crippen MR) is 96.8 cm³/mol. The van der Waals surface area contributed by atoms with E-state index in [-0.39, 0.29) is 6.61 Å². The Labute approximate surface area is 158 Å². The molecule has 0 spiro atoms. The molecule has 1 aliphatic rings. The van der Waals surface area contributed by atoms with Gasteiger partial charge >= 0.3 is 6.18 Å². The first-order valence-corrected chi connectivity index (χ1v) is 9.30. The number of nitrogens with zero attached hydrogens (tertiary/aromatic N) is 1. The van der Waals surface area contributed by atoms with Crippen LogP contribution < -0.4 is 11.1 Å². The molecule has 0 radical (unpaired) electrons. The molecule has 1 fully saturated rings. The normalized spacial score (nSPS) is 15.6. The van der Waals surface area contributed by atoms with Crippen molar-refractivity contribution in [1.82, 2.24) is 4.98 Å². The molecular formula is C18H20F3N3O2S. The number of amides is 1. The monoisotopic (exact) mass is 399 g/mol. The summed E-state index contributed by atoms with van der Waals surface area (Å²) in [5.74, 6) is -0.0982. The lowest BCUT2D eigenvalue weighted by Gasteiger charge is -2.09. The lowest BCUT2D eigenvalue weighted by atomic mass is 10.1. The molecular weight excluding hydrogens is 379 g/mol. The number of thiazole rings is 1. The van der Waals surface area contributed by atoms with Crippen molar-refractivity contribution in [3.8, 4) is 0 Å². The molecule has 9 heteroatoms. The molecule has 1 aromatic heterocycles. The number of hydrogen-bond donors (Lipinski definition) is 2. The minimum Gasteiger partial charge on any atom is -0.383 e. The molecule has 3 N–H and O–H groups in total. The number of rotatable bonds is 7. The van der Waals surface area contributed by atoms with Crippen molar-refractivity contribution in [3.63, 3.8) is 0 Å². The lowest BCUT2D eigenvalue weighted by molar-refractivity contribution is -0.137. The van der Waals surface area contributed by atoms with Crippen molar-refractivity contribution in [1.29, 1.82) is 0 Å². The molecule has 1 aliphatic carbocycles. The molecule has 1 heterocycles. The number of alkyl halides is 3. The zero-order valence-electron chi connectivity index (χ0n) is 14.7. The van der Waals surface area contributed by atoms with Crippen molar-refractivity contribution >= 4 is 22.4 Å². The van der Waals surface area contributed by atoms with Crippen LogP contribution in [0.5, 0.6) is 0 Å². The number of methoxy groups -OCH3 is 1. The number of hydrogen-bond acceptors (Lipinski definition) is 5. The van der Waals surface area contributed by atoms with Gasteiger partial charge in [-0.2, -0.15) is 13.2 Å². The van der Waals surface area contributed by atoms with Gasteiger partial charge in [0.15, 0.2) is 5.13 Å². The second-order valence-corrected chi connectivity index (χ2v) is 7.61. The third-order valence-electron chi connectivity index (χ3n) is 4.22. The SMILES string of the molecule is COCC(N)C(=O)Nc1nc(C2CC2)c(Cc2cccc(C(F)(F)F)c2)s1. The highest BCUT2D eigenvalue weighted by molar-refractivity contribution is 7.15. The Kier molecular flexibility index (Phi) is 5.83. The molecule has 5 nitrogen and oxygen atoms in total. The van der Waals surface area contributed by atoms with Crippen LogP contribution in [0.3, 0.4) is 0 Å². The van der Waals surface area contributed by atoms with E-state index in [1.807, 2.05) is 0 Å². The summed E-state index contributed by atoms with van der Waals surface area (Å²) < 4.78 is 43.7. The van der Waals surface area contributed by atoms with Crippen LogP contribution in [0.2, 0.25) is 0 Å². The van der Waals surface area contributed by atoms with Crippen LogP contribution in [-0.2, 0) is 22.1 Å². The molecule has 146 valence electrons. The number of carbonyl (C=O) groups excluding carboxylic acids is 1. The molecule has 1 saturated carbocycles. The van der Waals surface area contributed by atoms with Crippen LogP contribution in [0.15, 0.2) is 24.3 Å². The second kappa shape index (κ2) is 7.95. The molecule has 0 bridgehead atoms. The number of nitrogens with one attached hydrogen (secondary N) is 1. The minimum atomic E-state index is -4.38. The van der Waals surface area contributed by atoms with Gasteiger partial charge in [0.1, 0.15) is 6.04 Å². The first-order valence-electron chi connectivity index (χ1n) is 8.49. The number of halogens is 3. The van der Waals surface area contributed by atoms with E-state index in [0.717, 1.165) is 35.5 Å². The van der Waals surface area contributed by atoms with Crippen LogP contribution >= 0.6 is 11.3 Å². The Morgan fingerprint density at radius 1 is 1.44 bits per heavy atom. The van der Waals surface area contributed by atoms with E-state index in [1.165, 1.54) is 24.5 Å². The highest BCUT2D eigenvalue weighted by Crippen LogP contribution is 2.44. The average molecular weight is 399 g/mol. The van der Waals surface area contributed by atoms with Crippen molar-refractivity contribution in [2.45, 2.75) is 37.4 Å². The van der Waals surface area contributed by atoms with Gasteiger partial charge in [0.05, 0.1) is 17.9 Å². The van der Waals surface area contributed by atoms with E-state index in [0.29, 0.717) is 23.0 Å². The number of nitrogens with two attached hydrogens (primary N) is 1. The van der Waals surface area contributed by atoms with Crippen LogP contribution in [-0.4, -0.2) is 30.6 Å². The summed E-state index contributed by atoms with van der Waals surface area (Å²) in [7, 11) is 1.45. The van der Waals surface area contributed by atoms with Gasteiger partial charge in [0.25, 0.3) is 0 Å². The molecule has 1 unspecified atom stereocenters. The zero-order valence-corrected chi connectivity index (χ0v) is 15.5. The largest absolute Gasteiger partial charge is 0.416 e. The van der Waals surface area contributed by atoms with Gasteiger partial charge in [0.2, 0.25) is 5.91 Å². The molecule has 27 heavy (non-hydrogen) atoms. The summed E-state index contributed by atoms with van der Waals surface area (Å²) in [6.07, 6.45) is -2.04. The van der Waals surface area contributed by atoms with Gasteiger partial charge in [-0.05, 0) is 24.5 Å². The van der Waals surface area contributed by atoms with Gasteiger partial charge in [-0.25, -0.2) is 4.98 Å². The smallest absolute Gasteiger partial charge is 0.383 e. The number of anilines is 1. The number of ether oxygens (including phenoxy) is 1. The highest BCUT2D eigenvalue weighted by Gasteiger charge is 2.32. The number of benzene rings is 1. The van der Waals surface area contributed by atoms with Crippen molar-refractivity contribution in [3.05, 3.63) is 46.0 Å². The average Bonchev–Trinajstić information content (AvgIpc) is 3.37. The van der Waals surface area contributed by atoms with Gasteiger partial charge in [0, 0.05) is 24.3 Å². The fraction of sp³-hybridized carbons (Fsp3) is 0.444. The maximum atomic E-state index is 12.9. The maximum absolute atomic E-state index is 12.9. The molecule has 1 aromatic carbocycles. The predicted octanol–water partition coefficient (Wildman–Crippen LogP) is 3.54. The second-order valence-electron chi connectivity index (χ2n) is 6.53. The van der Waals surface area contributed by atoms with Crippen molar-refractivity contribution in [2.75, 3.05) is 19.0 Å². The van der Waals surface area contributed by atoms with E-state index in [1.54, 1.807) is 6.07 Å². The Hall–Kier alpha value is -1.97. The quantitative estimate of drug-likeness (QED) is 0.747. The Morgan fingerprint density at radius 2 is 2.19 bits per heavy atom. The summed E-state index contributed by atoms with van der Waals surface area (Å²) in [4.78, 5) is 17.4. The number of carbonyl (C=O) groups is 1. The molecule has 1 atom stereocenters. The molecule has 1 amide bonds. The van der Waals surface area contributed by atoms with Crippen LogP contribution in [0.1, 0.15) is 40.5 Å². The van der Waals surface area contributed by atoms with Gasteiger partial charge in [-0.15, -0.1) is 11.3 Å². The van der Waals surface area contributed by atoms with Crippen LogP contribution in [0, 0.1) is 0 Å². The summed E-state index contributed by atoms with van der Waals surface area (Å²) >= 11 is 1.28. The van der Waals surface area contributed by atoms with E-state index >= 15 is 0 Å². The summed E-state index contributed by atoms with van der Waals surface area (Å²) in [6, 6.07) is 4.47. The van der Waals surface area contributed by atoms with Gasteiger partial charge in [-0.1, -0.05) is 18.2 Å². The first kappa shape index (κ1) is 19.8. The molecule has 0 aliphatic heterocycles. The molecule has 3 rings (SSSR count). The highest BCUT2D eigenvalue weighted by atomic mass is 32.1. The van der Waals surface area contributed by atoms with Crippen molar-refractivity contribution < 1.29 is 22.7 Å². The Morgan fingerprint density at radius 3 is 2.81 bits per heavy atom. The van der Waals surface area contributed by atoms with E-state index < -0.39 is 23.7 Å². The van der Waals surface area contributed by atoms with E-state index in [4.69, 9.17) is 10.5 Å². The fourth-order valence-corrected chi connectivity index (χ4v) is 3.80. The molecule has 2 aromatic rings. The fourth-order valence-electron chi connectivity index (χ4n) is 2.72. The van der Waals surface area contributed by atoms with Gasteiger partial charge < -0.3 is 15.8 Å². The minimum absolute atomic E-state index is 0.0871. The third-order valence-corrected chi connectivity index (χ3v) is 5.21. The van der Waals surface area contributed by atoms with Gasteiger partial charge in [-0.3, -0.25) is 4.79 Å².